The fraction of sp³-hybridized carbons (Fsp3) is 0.556. The number of nitrogens with zero attached hydrogens (tertiary/aromatic N) is 1. The van der Waals surface area contributed by atoms with Crippen LogP contribution >= 0.6 is 12.4 Å². The highest BCUT2D eigenvalue weighted by molar-refractivity contribution is 5.94. The Hall–Kier alpha value is -1.84. The minimum Gasteiger partial charge on any atom is -0.496 e. The van der Waals surface area contributed by atoms with E-state index in [-0.39, 0.29) is 37.7 Å². The molecule has 0 spiro atoms. The average molecular weight is 424 g/mol. The molecule has 10 heteroatoms. The van der Waals surface area contributed by atoms with E-state index in [0.29, 0.717) is 30.0 Å². The van der Waals surface area contributed by atoms with Crippen LogP contribution in [0, 0.1) is 0 Å². The van der Waals surface area contributed by atoms with Crippen molar-refractivity contribution >= 4 is 24.1 Å². The van der Waals surface area contributed by atoms with Crippen LogP contribution in [0.2, 0.25) is 0 Å². The molecule has 0 radical (unpaired) electrons. The molecule has 6 nitrogen and oxygen atoms in total. The highest BCUT2D eigenvalue weighted by Gasteiger charge is 2.43. The van der Waals surface area contributed by atoms with E-state index in [1.165, 1.54) is 25.0 Å². The lowest BCUT2D eigenvalue weighted by molar-refractivity contribution is -0.184. The number of rotatable bonds is 7. The van der Waals surface area contributed by atoms with E-state index in [1.54, 1.807) is 12.1 Å². The molecule has 0 aliphatic carbocycles. The summed E-state index contributed by atoms with van der Waals surface area (Å²) in [6.45, 7) is 2.39. The van der Waals surface area contributed by atoms with Crippen molar-refractivity contribution in [1.29, 1.82) is 0 Å². The van der Waals surface area contributed by atoms with Crippen LogP contribution in [0.1, 0.15) is 22.8 Å². The number of halogens is 4. The van der Waals surface area contributed by atoms with Crippen LogP contribution in [0.5, 0.6) is 5.75 Å². The number of ketones is 1. The Labute approximate surface area is 168 Å². The fourth-order valence-electron chi connectivity index (χ4n) is 3.03. The van der Waals surface area contributed by atoms with Crippen molar-refractivity contribution in [2.75, 3.05) is 39.8 Å². The molecule has 1 unspecified atom stereocenters. The van der Waals surface area contributed by atoms with Gasteiger partial charge in [-0.1, -0.05) is 0 Å². The van der Waals surface area contributed by atoms with Gasteiger partial charge in [-0.3, -0.25) is 14.5 Å². The number of carbonyl (C=O) groups is 2. The molecular weight excluding hydrogens is 399 g/mol. The highest BCUT2D eigenvalue weighted by Crippen LogP contribution is 2.25. The Balaban J connectivity index is 0.00000392. The zero-order chi connectivity index (χ0) is 20.0. The molecule has 28 heavy (non-hydrogen) atoms. The fourth-order valence-corrected chi connectivity index (χ4v) is 3.03. The van der Waals surface area contributed by atoms with Gasteiger partial charge < -0.3 is 15.4 Å². The largest absolute Gasteiger partial charge is 0.496 e. The first-order chi connectivity index (χ1) is 12.7. The van der Waals surface area contributed by atoms with E-state index in [2.05, 4.69) is 10.6 Å². The van der Waals surface area contributed by atoms with Crippen LogP contribution in [-0.4, -0.2) is 68.6 Å². The lowest BCUT2D eigenvalue weighted by atomic mass is 10.0. The van der Waals surface area contributed by atoms with E-state index in [1.807, 2.05) is 0 Å². The third-order valence-corrected chi connectivity index (χ3v) is 4.50. The number of Topliss-reactive ketones (excluding diaryl/α,β-unsaturated/α-hetero) is 1. The molecule has 0 bridgehead atoms. The van der Waals surface area contributed by atoms with Gasteiger partial charge in [0.2, 0.25) is 5.91 Å². The molecule has 2 rings (SSSR count). The molecule has 1 atom stereocenters. The molecule has 1 heterocycles. The van der Waals surface area contributed by atoms with Gasteiger partial charge in [-0.15, -0.1) is 12.4 Å². The summed E-state index contributed by atoms with van der Waals surface area (Å²) in [4.78, 5) is 25.1. The molecule has 1 fully saturated rings. The summed E-state index contributed by atoms with van der Waals surface area (Å²) < 4.78 is 45.3. The normalized spacial score (nSPS) is 16.0. The Morgan fingerprint density at radius 3 is 2.46 bits per heavy atom. The van der Waals surface area contributed by atoms with Gasteiger partial charge in [-0.2, -0.15) is 13.2 Å². The first kappa shape index (κ1) is 24.2. The monoisotopic (exact) mass is 423 g/mol. The predicted molar refractivity (Wildman–Crippen MR) is 101 cm³/mol. The molecule has 1 aliphatic heterocycles. The molecule has 1 aromatic rings. The maximum atomic E-state index is 13.4. The van der Waals surface area contributed by atoms with Gasteiger partial charge in [0.1, 0.15) is 11.8 Å². The van der Waals surface area contributed by atoms with Crippen LogP contribution in [-0.2, 0) is 11.2 Å². The van der Waals surface area contributed by atoms with Gasteiger partial charge in [0.25, 0.3) is 0 Å². The number of methoxy groups -OCH3 is 1. The lowest BCUT2D eigenvalue weighted by Gasteiger charge is -2.35. The Bertz CT molecular complexity index is 680. The maximum absolute atomic E-state index is 13.4. The highest BCUT2D eigenvalue weighted by atomic mass is 35.5. The maximum Gasteiger partial charge on any atom is 0.405 e. The molecule has 158 valence electrons. The zero-order valence-corrected chi connectivity index (χ0v) is 16.6. The SMILES string of the molecule is COc1ccc(C(C)=O)cc1CC(=O)NCC(N1CCNCC1)C(F)(F)F.Cl. The second kappa shape index (κ2) is 10.6. The minimum absolute atomic E-state index is 0. The molecule has 0 saturated carbocycles. The number of ether oxygens (including phenoxy) is 1. The van der Waals surface area contributed by atoms with Gasteiger partial charge in [0.15, 0.2) is 5.78 Å². The van der Waals surface area contributed by atoms with E-state index in [9.17, 15) is 22.8 Å². The van der Waals surface area contributed by atoms with Crippen LogP contribution < -0.4 is 15.4 Å². The second-order valence-electron chi connectivity index (χ2n) is 6.41. The second-order valence-corrected chi connectivity index (χ2v) is 6.41. The molecule has 2 N–H and O–H groups in total. The van der Waals surface area contributed by atoms with E-state index >= 15 is 0 Å². The van der Waals surface area contributed by atoms with Gasteiger partial charge in [-0.25, -0.2) is 0 Å². The number of piperazine rings is 1. The zero-order valence-electron chi connectivity index (χ0n) is 15.8. The van der Waals surface area contributed by atoms with E-state index in [4.69, 9.17) is 4.74 Å². The van der Waals surface area contributed by atoms with E-state index < -0.39 is 24.7 Å². The van der Waals surface area contributed by atoms with Crippen molar-refractivity contribution in [2.24, 2.45) is 0 Å². The van der Waals surface area contributed by atoms with E-state index in [0.717, 1.165) is 0 Å². The molecule has 1 amide bonds. The van der Waals surface area contributed by atoms with Crippen LogP contribution in [0.25, 0.3) is 0 Å². The Morgan fingerprint density at radius 1 is 1.29 bits per heavy atom. The van der Waals surface area contributed by atoms with Gasteiger partial charge in [-0.05, 0) is 25.1 Å². The summed E-state index contributed by atoms with van der Waals surface area (Å²) in [5.74, 6) is -0.321. The molecule has 1 aliphatic rings. The number of alkyl halides is 3. The summed E-state index contributed by atoms with van der Waals surface area (Å²) in [7, 11) is 1.42. The summed E-state index contributed by atoms with van der Waals surface area (Å²) in [6, 6.07) is 2.94. The summed E-state index contributed by atoms with van der Waals surface area (Å²) in [5, 5.41) is 5.38. The molecule has 1 saturated heterocycles. The lowest BCUT2D eigenvalue weighted by Crippen LogP contribution is -2.57. The quantitative estimate of drug-likeness (QED) is 0.655. The third-order valence-electron chi connectivity index (χ3n) is 4.50. The number of nitrogens with one attached hydrogen (secondary N) is 2. The number of carbonyl (C=O) groups excluding carboxylic acids is 2. The van der Waals surface area contributed by atoms with Crippen LogP contribution in [0.4, 0.5) is 13.2 Å². The van der Waals surface area contributed by atoms with Gasteiger partial charge >= 0.3 is 6.18 Å². The Kier molecular flexibility index (Phi) is 9.19. The van der Waals surface area contributed by atoms with Crippen molar-refractivity contribution < 1.29 is 27.5 Å². The number of benzene rings is 1. The summed E-state index contributed by atoms with van der Waals surface area (Å²) in [6.07, 6.45) is -4.60. The van der Waals surface area contributed by atoms with Gasteiger partial charge in [0, 0.05) is 43.9 Å². The average Bonchev–Trinajstić information content (AvgIpc) is 2.61. The summed E-state index contributed by atoms with van der Waals surface area (Å²) >= 11 is 0. The van der Waals surface area contributed by atoms with Crippen molar-refractivity contribution in [1.82, 2.24) is 15.5 Å². The number of amides is 1. The molecule has 0 aromatic heterocycles. The van der Waals surface area contributed by atoms with Crippen molar-refractivity contribution in [2.45, 2.75) is 25.6 Å². The van der Waals surface area contributed by atoms with Crippen molar-refractivity contribution in [3.05, 3.63) is 29.3 Å². The first-order valence-electron chi connectivity index (χ1n) is 8.68. The van der Waals surface area contributed by atoms with Crippen molar-refractivity contribution in [3.8, 4) is 5.75 Å². The third kappa shape index (κ3) is 6.65. The predicted octanol–water partition coefficient (Wildman–Crippen LogP) is 1.81. The van der Waals surface area contributed by atoms with Crippen LogP contribution in [0.3, 0.4) is 0 Å². The van der Waals surface area contributed by atoms with Crippen LogP contribution in [0.15, 0.2) is 18.2 Å². The number of hydrogen-bond acceptors (Lipinski definition) is 5. The standard InChI is InChI=1S/C18H24F3N3O3.ClH/c1-12(25)13-3-4-15(27-2)14(9-13)10-17(26)23-11-16(18(19,20)21)24-7-5-22-6-8-24;/h3-4,9,16,22H,5-8,10-11H2,1-2H3,(H,23,26);1H. The Morgan fingerprint density at radius 2 is 1.93 bits per heavy atom. The topological polar surface area (TPSA) is 70.7 Å². The first-order valence-corrected chi connectivity index (χ1v) is 8.68. The molecular formula is C18H25ClF3N3O3. The smallest absolute Gasteiger partial charge is 0.405 e. The number of hydrogen-bond donors (Lipinski definition) is 2. The minimum atomic E-state index is -4.43. The molecule has 1 aromatic carbocycles. The van der Waals surface area contributed by atoms with Gasteiger partial charge in [0.05, 0.1) is 13.5 Å². The van der Waals surface area contributed by atoms with Crippen molar-refractivity contribution in [3.63, 3.8) is 0 Å². The summed E-state index contributed by atoms with van der Waals surface area (Å²) in [5.41, 5.74) is 0.862.